The number of hydrogen-bond donors (Lipinski definition) is 3. The molecule has 0 aliphatic heterocycles. The maximum absolute atomic E-state index is 13.1. The molecule has 0 saturated heterocycles. The van der Waals surface area contributed by atoms with E-state index in [1.165, 1.54) is 28.8 Å². The highest BCUT2D eigenvalue weighted by Crippen LogP contribution is 2.30. The molecule has 4 aromatic rings. The quantitative estimate of drug-likeness (QED) is 0.297. The third-order valence-electron chi connectivity index (χ3n) is 5.57. The number of aromatic amines is 1. The Morgan fingerprint density at radius 1 is 1.14 bits per heavy atom. The van der Waals surface area contributed by atoms with Crippen LogP contribution in [-0.4, -0.2) is 39.7 Å². The molecule has 2 heterocycles. The Bertz CT molecular complexity index is 1560. The molecule has 0 aliphatic carbocycles. The summed E-state index contributed by atoms with van der Waals surface area (Å²) in [7, 11) is -3.93. The molecule has 10 nitrogen and oxygen atoms in total. The van der Waals surface area contributed by atoms with E-state index in [0.717, 1.165) is 12.8 Å². The van der Waals surface area contributed by atoms with Crippen LogP contribution in [0.5, 0.6) is 11.5 Å². The van der Waals surface area contributed by atoms with E-state index in [1.54, 1.807) is 25.1 Å². The largest absolute Gasteiger partial charge is 0.508 e. The van der Waals surface area contributed by atoms with Crippen LogP contribution in [0.2, 0.25) is 0 Å². The number of aryl methyl sites for hydroxylation is 2. The Morgan fingerprint density at radius 2 is 1.94 bits per heavy atom. The highest BCUT2D eigenvalue weighted by molar-refractivity contribution is 7.89. The highest BCUT2D eigenvalue weighted by atomic mass is 32.2. The van der Waals surface area contributed by atoms with E-state index in [4.69, 9.17) is 4.74 Å². The molecule has 0 atom stereocenters. The molecule has 4 rings (SSSR count). The number of ether oxygens (including phenoxy) is 1. The summed E-state index contributed by atoms with van der Waals surface area (Å²) in [6.07, 6.45) is 2.21. The van der Waals surface area contributed by atoms with Crippen molar-refractivity contribution >= 4 is 15.5 Å². The molecule has 0 spiro atoms. The van der Waals surface area contributed by atoms with E-state index < -0.39 is 10.0 Å². The number of hydrogen-bond acceptors (Lipinski definition) is 7. The molecule has 0 aliphatic rings. The number of fused-ring (bicyclic) bond motifs is 1. The molecule has 2 aromatic carbocycles. The van der Waals surface area contributed by atoms with Crippen LogP contribution in [0.15, 0.2) is 52.2 Å². The Kier molecular flexibility index (Phi) is 7.41. The zero-order valence-corrected chi connectivity index (χ0v) is 21.2. The summed E-state index contributed by atoms with van der Waals surface area (Å²) in [5, 5.41) is 14.3. The van der Waals surface area contributed by atoms with Crippen LogP contribution in [0.4, 0.5) is 0 Å². The lowest BCUT2D eigenvalue weighted by Crippen LogP contribution is -2.23. The van der Waals surface area contributed by atoms with Crippen molar-refractivity contribution in [2.24, 2.45) is 0 Å². The van der Waals surface area contributed by atoms with E-state index in [-0.39, 0.29) is 28.6 Å². The Hall–Kier alpha value is -3.70. The normalized spacial score (nSPS) is 11.8. The summed E-state index contributed by atoms with van der Waals surface area (Å²) in [4.78, 5) is 20.2. The van der Waals surface area contributed by atoms with Gasteiger partial charge < -0.3 is 14.8 Å². The smallest absolute Gasteiger partial charge is 0.277 e. The minimum absolute atomic E-state index is 0.00408. The van der Waals surface area contributed by atoms with Crippen molar-refractivity contribution in [3.8, 4) is 22.9 Å². The molecule has 0 unspecified atom stereocenters. The lowest BCUT2D eigenvalue weighted by atomic mass is 10.2. The fraction of sp³-hybridized carbons (Fsp3) is 0.320. The molecule has 0 amide bonds. The third kappa shape index (κ3) is 5.26. The van der Waals surface area contributed by atoms with Crippen molar-refractivity contribution < 1.29 is 18.3 Å². The molecule has 0 radical (unpaired) electrons. The first-order chi connectivity index (χ1) is 17.2. The number of benzene rings is 2. The van der Waals surface area contributed by atoms with Crippen LogP contribution in [0.1, 0.15) is 43.8 Å². The van der Waals surface area contributed by atoms with Gasteiger partial charge in [-0.3, -0.25) is 4.79 Å². The molecular weight excluding hydrogens is 482 g/mol. The molecule has 0 bridgehead atoms. The van der Waals surface area contributed by atoms with Crippen LogP contribution < -0.4 is 15.0 Å². The van der Waals surface area contributed by atoms with Gasteiger partial charge in [-0.15, -0.1) is 5.10 Å². The van der Waals surface area contributed by atoms with Gasteiger partial charge in [0.25, 0.3) is 5.56 Å². The lowest BCUT2D eigenvalue weighted by molar-refractivity contribution is 0.318. The van der Waals surface area contributed by atoms with E-state index in [9.17, 15) is 18.3 Å². The minimum atomic E-state index is -3.93. The number of nitrogens with one attached hydrogen (secondary N) is 2. The van der Waals surface area contributed by atoms with E-state index in [1.807, 2.05) is 13.8 Å². The minimum Gasteiger partial charge on any atom is -0.508 e. The van der Waals surface area contributed by atoms with Gasteiger partial charge in [-0.05, 0) is 55.7 Å². The van der Waals surface area contributed by atoms with Gasteiger partial charge in [-0.25, -0.2) is 22.6 Å². The average molecular weight is 512 g/mol. The van der Waals surface area contributed by atoms with Gasteiger partial charge in [-0.1, -0.05) is 26.0 Å². The van der Waals surface area contributed by atoms with Gasteiger partial charge in [0.15, 0.2) is 11.3 Å². The third-order valence-corrected chi connectivity index (χ3v) is 6.97. The van der Waals surface area contributed by atoms with Gasteiger partial charge in [0.05, 0.1) is 22.8 Å². The standard InChI is InChI=1S/C25H29N5O5S/c1-4-7-22-27-16(3)23-25(32)28-24(29-30(22)23)20-14-19(10-11-21(20)35-12-5-2)36(33,34)26-15-17-8-6-9-18(31)13-17/h6,8-11,13-14,26,31H,4-5,7,12,15H2,1-3H3,(H,28,29,32). The molecule has 11 heteroatoms. The van der Waals surface area contributed by atoms with Crippen molar-refractivity contribution in [3.63, 3.8) is 0 Å². The number of phenols is 1. The zero-order valence-electron chi connectivity index (χ0n) is 20.4. The maximum Gasteiger partial charge on any atom is 0.277 e. The summed E-state index contributed by atoms with van der Waals surface area (Å²) in [6.45, 7) is 6.13. The molecule has 2 aromatic heterocycles. The number of sulfonamides is 1. The predicted molar refractivity (Wildman–Crippen MR) is 136 cm³/mol. The second kappa shape index (κ2) is 10.5. The summed E-state index contributed by atoms with van der Waals surface area (Å²) in [5.74, 6) is 1.29. The first-order valence-electron chi connectivity index (χ1n) is 11.8. The number of aromatic nitrogens is 4. The maximum atomic E-state index is 13.1. The van der Waals surface area contributed by atoms with E-state index >= 15 is 0 Å². The Labute approximate surface area is 209 Å². The number of H-pyrrole nitrogens is 1. The van der Waals surface area contributed by atoms with Gasteiger partial charge in [-0.2, -0.15) is 0 Å². The van der Waals surface area contributed by atoms with Crippen molar-refractivity contribution in [1.29, 1.82) is 0 Å². The first-order valence-corrected chi connectivity index (χ1v) is 13.2. The molecule has 190 valence electrons. The molecule has 3 N–H and O–H groups in total. The highest BCUT2D eigenvalue weighted by Gasteiger charge is 2.21. The topological polar surface area (TPSA) is 139 Å². The predicted octanol–water partition coefficient (Wildman–Crippen LogP) is 3.32. The van der Waals surface area contributed by atoms with Crippen LogP contribution in [-0.2, 0) is 23.0 Å². The fourth-order valence-electron chi connectivity index (χ4n) is 3.87. The summed E-state index contributed by atoms with van der Waals surface area (Å²) >= 11 is 0. The van der Waals surface area contributed by atoms with Gasteiger partial charge in [0.2, 0.25) is 10.0 Å². The zero-order chi connectivity index (χ0) is 25.9. The SMILES string of the molecule is CCCOc1ccc(S(=O)(=O)NCc2cccc(O)c2)cc1-c1nn2c(CCC)nc(C)c2c(=O)[nH]1. The van der Waals surface area contributed by atoms with Gasteiger partial charge in [0.1, 0.15) is 17.3 Å². The number of aromatic hydroxyl groups is 1. The Balaban J connectivity index is 1.78. The van der Waals surface area contributed by atoms with Crippen molar-refractivity contribution in [1.82, 2.24) is 24.3 Å². The van der Waals surface area contributed by atoms with Gasteiger partial charge in [0, 0.05) is 13.0 Å². The first kappa shape index (κ1) is 25.4. The number of rotatable bonds is 10. The second-order valence-corrected chi connectivity index (χ2v) is 10.2. The molecule has 0 saturated carbocycles. The fourth-order valence-corrected chi connectivity index (χ4v) is 4.91. The number of imidazole rings is 1. The van der Waals surface area contributed by atoms with Crippen molar-refractivity contribution in [2.45, 2.75) is 51.5 Å². The van der Waals surface area contributed by atoms with E-state index in [0.29, 0.717) is 46.9 Å². The number of nitrogens with zero attached hydrogens (tertiary/aromatic N) is 3. The Morgan fingerprint density at radius 3 is 2.67 bits per heavy atom. The van der Waals surface area contributed by atoms with Crippen LogP contribution in [0.25, 0.3) is 16.9 Å². The van der Waals surface area contributed by atoms with Crippen LogP contribution in [0, 0.1) is 6.92 Å². The summed E-state index contributed by atoms with van der Waals surface area (Å²) < 4.78 is 36.1. The van der Waals surface area contributed by atoms with Crippen molar-refractivity contribution in [3.05, 3.63) is 69.9 Å². The molecule has 0 fully saturated rings. The monoisotopic (exact) mass is 511 g/mol. The summed E-state index contributed by atoms with van der Waals surface area (Å²) in [6, 6.07) is 10.8. The molecule has 36 heavy (non-hydrogen) atoms. The van der Waals surface area contributed by atoms with Crippen LogP contribution >= 0.6 is 0 Å². The lowest BCUT2D eigenvalue weighted by Gasteiger charge is -2.14. The molecular formula is C25H29N5O5S. The number of phenolic OH excluding ortho intramolecular Hbond substituents is 1. The van der Waals surface area contributed by atoms with E-state index in [2.05, 4.69) is 19.8 Å². The summed E-state index contributed by atoms with van der Waals surface area (Å²) in [5.41, 5.74) is 1.51. The average Bonchev–Trinajstić information content (AvgIpc) is 3.17. The van der Waals surface area contributed by atoms with Crippen LogP contribution in [0.3, 0.4) is 0 Å². The van der Waals surface area contributed by atoms with Crippen molar-refractivity contribution in [2.75, 3.05) is 6.61 Å². The van der Waals surface area contributed by atoms with Gasteiger partial charge >= 0.3 is 0 Å². The second-order valence-electron chi connectivity index (χ2n) is 8.43.